The van der Waals surface area contributed by atoms with Crippen molar-refractivity contribution in [1.82, 2.24) is 0 Å². The van der Waals surface area contributed by atoms with Crippen LogP contribution in [0.4, 0.5) is 0 Å². The number of allylic oxidation sites excluding steroid dienone is 2. The lowest BCUT2D eigenvalue weighted by Crippen LogP contribution is -2.54. The van der Waals surface area contributed by atoms with Crippen LogP contribution in [0.5, 0.6) is 17.2 Å². The third-order valence-electron chi connectivity index (χ3n) is 7.98. The van der Waals surface area contributed by atoms with Crippen molar-refractivity contribution in [2.45, 2.75) is 77.4 Å². The minimum atomic E-state index is -0.216. The van der Waals surface area contributed by atoms with Crippen molar-refractivity contribution in [3.05, 3.63) is 53.1 Å². The van der Waals surface area contributed by atoms with Crippen LogP contribution >= 0.6 is 0 Å². The first kappa shape index (κ1) is 20.7. The highest BCUT2D eigenvalue weighted by molar-refractivity contribution is 5.86. The molecule has 0 unspecified atom stereocenters. The summed E-state index contributed by atoms with van der Waals surface area (Å²) in [7, 11) is 0. The molecule has 0 spiro atoms. The van der Waals surface area contributed by atoms with Gasteiger partial charge in [0, 0.05) is 40.0 Å². The third kappa shape index (κ3) is 3.18. The van der Waals surface area contributed by atoms with E-state index in [2.05, 4.69) is 52.8 Å². The number of rotatable bonds is 3. The maximum absolute atomic E-state index is 9.93. The van der Waals surface area contributed by atoms with Crippen LogP contribution in [-0.4, -0.2) is 16.3 Å². The predicted molar refractivity (Wildman–Crippen MR) is 130 cm³/mol. The molecule has 2 aromatic carbocycles. The average molecular weight is 445 g/mol. The number of furan rings is 1. The summed E-state index contributed by atoms with van der Waals surface area (Å²) in [4.78, 5) is 0. The van der Waals surface area contributed by atoms with Crippen LogP contribution in [0.25, 0.3) is 22.3 Å². The van der Waals surface area contributed by atoms with Crippen molar-refractivity contribution in [3.63, 3.8) is 0 Å². The van der Waals surface area contributed by atoms with Gasteiger partial charge in [0.05, 0.1) is 0 Å². The predicted octanol–water partition coefficient (Wildman–Crippen LogP) is 7.52. The Morgan fingerprint density at radius 1 is 1.12 bits per heavy atom. The largest absolute Gasteiger partial charge is 0.508 e. The molecule has 172 valence electrons. The first-order valence-corrected chi connectivity index (χ1v) is 12.1. The van der Waals surface area contributed by atoms with Gasteiger partial charge in [-0.25, -0.2) is 0 Å². The van der Waals surface area contributed by atoms with E-state index in [0.29, 0.717) is 17.4 Å². The van der Waals surface area contributed by atoms with Gasteiger partial charge in [-0.2, -0.15) is 0 Å². The molecule has 4 heteroatoms. The van der Waals surface area contributed by atoms with Crippen LogP contribution in [0.15, 0.2) is 46.4 Å². The van der Waals surface area contributed by atoms with E-state index in [0.717, 1.165) is 59.5 Å². The number of hydrogen-bond donors (Lipinski definition) is 1. The monoisotopic (exact) mass is 444 g/mol. The minimum absolute atomic E-state index is 0.142. The normalized spacial score (nSPS) is 26.5. The number of phenolic OH excluding ortho intramolecular Hbond substituents is 1. The Balaban J connectivity index is 1.63. The first-order chi connectivity index (χ1) is 15.6. The van der Waals surface area contributed by atoms with E-state index >= 15 is 0 Å². The summed E-state index contributed by atoms with van der Waals surface area (Å²) in [5, 5.41) is 10.9. The zero-order chi connectivity index (χ0) is 23.1. The van der Waals surface area contributed by atoms with E-state index in [1.54, 1.807) is 12.1 Å². The molecule has 3 aliphatic rings. The van der Waals surface area contributed by atoms with E-state index in [-0.39, 0.29) is 17.0 Å². The number of benzene rings is 2. The molecule has 0 saturated heterocycles. The second kappa shape index (κ2) is 6.82. The summed E-state index contributed by atoms with van der Waals surface area (Å²) in [6, 6.07) is 9.48. The van der Waals surface area contributed by atoms with E-state index in [9.17, 15) is 5.11 Å². The highest BCUT2D eigenvalue weighted by atomic mass is 16.5. The van der Waals surface area contributed by atoms with Crippen LogP contribution in [0.3, 0.4) is 0 Å². The van der Waals surface area contributed by atoms with Crippen LogP contribution < -0.4 is 9.47 Å². The van der Waals surface area contributed by atoms with Crippen molar-refractivity contribution >= 4 is 11.0 Å². The van der Waals surface area contributed by atoms with E-state index < -0.39 is 0 Å². The van der Waals surface area contributed by atoms with Crippen molar-refractivity contribution < 1.29 is 19.0 Å². The quantitative estimate of drug-likeness (QED) is 0.425. The second-order valence-corrected chi connectivity index (χ2v) is 11.2. The molecule has 0 amide bonds. The number of fused-ring (bicyclic) bond motifs is 2. The molecular weight excluding hydrogens is 412 g/mol. The van der Waals surface area contributed by atoms with Crippen molar-refractivity contribution in [1.29, 1.82) is 0 Å². The molecule has 3 atom stereocenters. The molecule has 1 aromatic heterocycles. The highest BCUT2D eigenvalue weighted by Crippen LogP contribution is 2.62. The fourth-order valence-corrected chi connectivity index (χ4v) is 6.33. The van der Waals surface area contributed by atoms with Crippen molar-refractivity contribution in [2.24, 2.45) is 5.92 Å². The Hall–Kier alpha value is -2.88. The lowest BCUT2D eigenvalue weighted by molar-refractivity contribution is -0.0730. The summed E-state index contributed by atoms with van der Waals surface area (Å²) < 4.78 is 19.8. The molecule has 1 fully saturated rings. The number of aromatic hydroxyl groups is 1. The van der Waals surface area contributed by atoms with Crippen LogP contribution in [-0.2, 0) is 6.42 Å². The fraction of sp³-hybridized carbons (Fsp3) is 0.448. The average Bonchev–Trinajstić information content (AvgIpc) is 3.14. The molecule has 2 aliphatic heterocycles. The topological polar surface area (TPSA) is 51.8 Å². The Morgan fingerprint density at radius 3 is 2.73 bits per heavy atom. The number of hydrogen-bond acceptors (Lipinski definition) is 4. The zero-order valence-corrected chi connectivity index (χ0v) is 20.1. The summed E-state index contributed by atoms with van der Waals surface area (Å²) in [6.07, 6.45) is 6.27. The lowest BCUT2D eigenvalue weighted by atomic mass is 9.61. The molecule has 1 aliphatic carbocycles. The number of phenols is 1. The van der Waals surface area contributed by atoms with E-state index in [1.807, 2.05) is 6.07 Å². The zero-order valence-electron chi connectivity index (χ0n) is 20.1. The number of ether oxygens (including phenoxy) is 2. The molecule has 4 nitrogen and oxygen atoms in total. The van der Waals surface area contributed by atoms with E-state index in [4.69, 9.17) is 13.9 Å². The molecule has 0 radical (unpaired) electrons. The van der Waals surface area contributed by atoms with Gasteiger partial charge in [-0.05, 0) is 84.6 Å². The van der Waals surface area contributed by atoms with Crippen LogP contribution in [0.2, 0.25) is 0 Å². The van der Waals surface area contributed by atoms with Gasteiger partial charge >= 0.3 is 0 Å². The third-order valence-corrected chi connectivity index (χ3v) is 7.98. The van der Waals surface area contributed by atoms with Crippen LogP contribution in [0, 0.1) is 5.92 Å². The summed E-state index contributed by atoms with van der Waals surface area (Å²) in [6.45, 7) is 11.0. The molecule has 3 aromatic rings. The van der Waals surface area contributed by atoms with Gasteiger partial charge in [0.15, 0.2) is 0 Å². The van der Waals surface area contributed by atoms with Crippen molar-refractivity contribution in [3.8, 4) is 28.6 Å². The van der Waals surface area contributed by atoms with Gasteiger partial charge < -0.3 is 19.0 Å². The highest BCUT2D eigenvalue weighted by Gasteiger charge is 2.54. The standard InChI is InChI=1S/C29H32O4/c1-16(2)6-9-19-20(24-12-17-7-8-18(30)13-23(17)31-24)14-25-26-21-15-29(5,33-27(19)26)11-10-22(21)28(3,4)32-25/h6-8,12-14,21-22,30H,9-11,15H2,1-5H3/t21-,22+,29-/m0/s1. The second-order valence-electron chi connectivity index (χ2n) is 11.2. The Kier molecular flexibility index (Phi) is 4.28. The summed E-state index contributed by atoms with van der Waals surface area (Å²) >= 11 is 0. The molecule has 33 heavy (non-hydrogen) atoms. The van der Waals surface area contributed by atoms with Crippen molar-refractivity contribution in [2.75, 3.05) is 0 Å². The minimum Gasteiger partial charge on any atom is -0.508 e. The maximum Gasteiger partial charge on any atom is 0.138 e. The van der Waals surface area contributed by atoms with Gasteiger partial charge in [0.2, 0.25) is 0 Å². The molecular formula is C29H32O4. The van der Waals surface area contributed by atoms with Gasteiger partial charge in [0.1, 0.15) is 39.8 Å². The van der Waals surface area contributed by atoms with Gasteiger partial charge in [-0.3, -0.25) is 0 Å². The first-order valence-electron chi connectivity index (χ1n) is 12.1. The van der Waals surface area contributed by atoms with Crippen LogP contribution in [0.1, 0.15) is 70.9 Å². The maximum atomic E-state index is 9.93. The smallest absolute Gasteiger partial charge is 0.138 e. The van der Waals surface area contributed by atoms with Gasteiger partial charge in [0.25, 0.3) is 0 Å². The Labute approximate surface area is 195 Å². The SMILES string of the molecule is CC(C)=CCc1c(-c2cc3ccc(O)cc3o2)cc2c3c1O[C@@]1(C)CC[C@H]([C@@H]3C1)C(C)(C)O2. The molecule has 1 N–H and O–H groups in total. The van der Waals surface area contributed by atoms with Gasteiger partial charge in [-0.15, -0.1) is 0 Å². The van der Waals surface area contributed by atoms with Gasteiger partial charge in [-0.1, -0.05) is 11.6 Å². The van der Waals surface area contributed by atoms with E-state index in [1.165, 1.54) is 11.1 Å². The molecule has 6 rings (SSSR count). The Morgan fingerprint density at radius 2 is 1.94 bits per heavy atom. The Bertz CT molecular complexity index is 1310. The summed E-state index contributed by atoms with van der Waals surface area (Å²) in [5.41, 5.74) is 5.02. The molecule has 1 saturated carbocycles. The lowest BCUT2D eigenvalue weighted by Gasteiger charge is -2.55. The molecule has 3 heterocycles. The summed E-state index contributed by atoms with van der Waals surface area (Å²) in [5.74, 6) is 3.87. The fourth-order valence-electron chi connectivity index (χ4n) is 6.33. The molecule has 2 bridgehead atoms.